The lowest BCUT2D eigenvalue weighted by Gasteiger charge is -2.33. The average Bonchev–Trinajstić information content (AvgIpc) is 2.75. The Morgan fingerprint density at radius 2 is 2.39 bits per heavy atom. The fraction of sp³-hybridized carbons (Fsp3) is 0.583. The standard InChI is InChI=1S/C12H17N3S3/c1-3-8-7-15(4-5-17-8)12-11(16-2)10(14)9(6-13)18-12/h8H,3-5,7,14H2,1-2H3. The Bertz CT molecular complexity index is 464. The summed E-state index contributed by atoms with van der Waals surface area (Å²) >= 11 is 5.24. The van der Waals surface area contributed by atoms with E-state index in [0.29, 0.717) is 15.8 Å². The lowest BCUT2D eigenvalue weighted by atomic mass is 10.3. The Hall–Kier alpha value is -0.510. The number of nitrogen functional groups attached to an aromatic ring is 1. The van der Waals surface area contributed by atoms with E-state index in [1.54, 1.807) is 11.8 Å². The summed E-state index contributed by atoms with van der Waals surface area (Å²) in [5.74, 6) is 1.16. The van der Waals surface area contributed by atoms with Crippen LogP contribution in [0.3, 0.4) is 0 Å². The highest BCUT2D eigenvalue weighted by atomic mass is 32.2. The van der Waals surface area contributed by atoms with E-state index < -0.39 is 0 Å². The zero-order valence-corrected chi connectivity index (χ0v) is 13.1. The molecule has 1 aromatic heterocycles. The summed E-state index contributed by atoms with van der Waals surface area (Å²) in [6.07, 6.45) is 3.22. The predicted molar refractivity (Wildman–Crippen MR) is 84.0 cm³/mol. The topological polar surface area (TPSA) is 53.0 Å². The molecule has 1 aromatic rings. The van der Waals surface area contributed by atoms with Crippen molar-refractivity contribution in [2.24, 2.45) is 0 Å². The fourth-order valence-electron chi connectivity index (χ4n) is 2.06. The molecule has 0 amide bonds. The number of nitrogens with two attached hydrogens (primary N) is 1. The van der Waals surface area contributed by atoms with Crippen LogP contribution in [0.15, 0.2) is 4.90 Å². The minimum atomic E-state index is 0.653. The summed E-state index contributed by atoms with van der Waals surface area (Å²) in [4.78, 5) is 4.14. The van der Waals surface area contributed by atoms with Gasteiger partial charge in [-0.2, -0.15) is 17.0 Å². The molecule has 0 aliphatic carbocycles. The Balaban J connectivity index is 2.30. The summed E-state index contributed by atoms with van der Waals surface area (Å²) in [6, 6.07) is 2.20. The van der Waals surface area contributed by atoms with E-state index in [4.69, 9.17) is 11.0 Å². The van der Waals surface area contributed by atoms with Gasteiger partial charge < -0.3 is 10.6 Å². The molecule has 1 unspecified atom stereocenters. The SMILES string of the molecule is CCC1CN(c2sc(C#N)c(N)c2SC)CCS1. The molecule has 2 rings (SSSR count). The molecule has 6 heteroatoms. The van der Waals surface area contributed by atoms with Crippen LogP contribution in [0.5, 0.6) is 0 Å². The van der Waals surface area contributed by atoms with E-state index in [2.05, 4.69) is 29.7 Å². The molecule has 18 heavy (non-hydrogen) atoms. The molecule has 0 bridgehead atoms. The maximum atomic E-state index is 9.10. The molecule has 1 aliphatic rings. The third-order valence-electron chi connectivity index (χ3n) is 3.07. The maximum Gasteiger partial charge on any atom is 0.131 e. The van der Waals surface area contributed by atoms with Gasteiger partial charge in [0.1, 0.15) is 15.9 Å². The molecule has 0 spiro atoms. The zero-order valence-electron chi connectivity index (χ0n) is 10.6. The van der Waals surface area contributed by atoms with Crippen molar-refractivity contribution in [3.63, 3.8) is 0 Å². The van der Waals surface area contributed by atoms with Crippen LogP contribution in [0.4, 0.5) is 10.7 Å². The Kier molecular flexibility index (Phi) is 4.71. The highest BCUT2D eigenvalue weighted by Gasteiger charge is 2.25. The van der Waals surface area contributed by atoms with Crippen LogP contribution in [0.25, 0.3) is 0 Å². The van der Waals surface area contributed by atoms with Gasteiger partial charge in [0.25, 0.3) is 0 Å². The van der Waals surface area contributed by atoms with Crippen molar-refractivity contribution in [3.05, 3.63) is 4.88 Å². The Morgan fingerprint density at radius 1 is 1.61 bits per heavy atom. The molecule has 1 aliphatic heterocycles. The smallest absolute Gasteiger partial charge is 0.131 e. The number of nitriles is 1. The van der Waals surface area contributed by atoms with Gasteiger partial charge in [0.2, 0.25) is 0 Å². The Morgan fingerprint density at radius 3 is 3.00 bits per heavy atom. The molecule has 1 fully saturated rings. The van der Waals surface area contributed by atoms with Gasteiger partial charge >= 0.3 is 0 Å². The largest absolute Gasteiger partial charge is 0.396 e. The minimum Gasteiger partial charge on any atom is -0.396 e. The van der Waals surface area contributed by atoms with Crippen LogP contribution in [0.2, 0.25) is 0 Å². The van der Waals surface area contributed by atoms with Gasteiger partial charge in [0.05, 0.1) is 10.6 Å². The third kappa shape index (κ3) is 2.58. The minimum absolute atomic E-state index is 0.653. The molecule has 0 aromatic carbocycles. The van der Waals surface area contributed by atoms with E-state index >= 15 is 0 Å². The van der Waals surface area contributed by atoms with Crippen LogP contribution in [-0.2, 0) is 0 Å². The first kappa shape index (κ1) is 13.9. The first-order valence-corrected chi connectivity index (χ1v) is 9.03. The molecule has 2 N–H and O–H groups in total. The number of thioether (sulfide) groups is 2. The van der Waals surface area contributed by atoms with E-state index in [1.807, 2.05) is 6.26 Å². The number of rotatable bonds is 3. The molecule has 3 nitrogen and oxygen atoms in total. The predicted octanol–water partition coefficient (Wildman–Crippen LogP) is 3.26. The van der Waals surface area contributed by atoms with Crippen LogP contribution in [-0.4, -0.2) is 30.3 Å². The number of hydrogen-bond donors (Lipinski definition) is 1. The van der Waals surface area contributed by atoms with Crippen molar-refractivity contribution in [3.8, 4) is 6.07 Å². The monoisotopic (exact) mass is 299 g/mol. The summed E-state index contributed by atoms with van der Waals surface area (Å²) in [5, 5.41) is 11.0. The second-order valence-electron chi connectivity index (χ2n) is 4.14. The van der Waals surface area contributed by atoms with Crippen molar-refractivity contribution in [1.29, 1.82) is 5.26 Å². The summed E-state index contributed by atoms with van der Waals surface area (Å²) in [5.41, 5.74) is 6.70. The van der Waals surface area contributed by atoms with Gasteiger partial charge in [-0.15, -0.1) is 23.1 Å². The van der Waals surface area contributed by atoms with Crippen molar-refractivity contribution in [1.82, 2.24) is 0 Å². The molecule has 98 valence electrons. The number of thiophene rings is 1. The van der Waals surface area contributed by atoms with E-state index in [9.17, 15) is 0 Å². The number of nitrogens with zero attached hydrogens (tertiary/aromatic N) is 2. The highest BCUT2D eigenvalue weighted by molar-refractivity contribution is 8.00. The van der Waals surface area contributed by atoms with Crippen LogP contribution in [0, 0.1) is 11.3 Å². The summed E-state index contributed by atoms with van der Waals surface area (Å²) in [6.45, 7) is 4.36. The maximum absolute atomic E-state index is 9.10. The van der Waals surface area contributed by atoms with Gasteiger partial charge in [-0.3, -0.25) is 0 Å². The molecular weight excluding hydrogens is 282 g/mol. The quantitative estimate of drug-likeness (QED) is 0.868. The van der Waals surface area contributed by atoms with Crippen LogP contribution >= 0.6 is 34.9 Å². The van der Waals surface area contributed by atoms with Gasteiger partial charge in [-0.25, -0.2) is 0 Å². The third-order valence-corrected chi connectivity index (χ3v) is 6.56. The number of hydrogen-bond acceptors (Lipinski definition) is 6. The van der Waals surface area contributed by atoms with Gasteiger partial charge in [-0.1, -0.05) is 6.92 Å². The second kappa shape index (κ2) is 6.09. The second-order valence-corrected chi connectivity index (χ2v) is 7.37. The normalized spacial score (nSPS) is 19.8. The van der Waals surface area contributed by atoms with Crippen molar-refractivity contribution in [2.45, 2.75) is 23.5 Å². The summed E-state index contributed by atoms with van der Waals surface area (Å²) < 4.78 is 0. The lowest BCUT2D eigenvalue weighted by molar-refractivity contribution is 0.729. The van der Waals surface area contributed by atoms with Gasteiger partial charge in [0, 0.05) is 24.1 Å². The fourth-order valence-corrected chi connectivity index (χ4v) is 5.25. The first-order chi connectivity index (χ1) is 8.71. The lowest BCUT2D eigenvalue weighted by Crippen LogP contribution is -2.37. The molecule has 1 atom stereocenters. The molecular formula is C12H17N3S3. The zero-order chi connectivity index (χ0) is 13.1. The van der Waals surface area contributed by atoms with E-state index in [1.165, 1.54) is 22.8 Å². The average molecular weight is 299 g/mol. The van der Waals surface area contributed by atoms with Crippen LogP contribution < -0.4 is 10.6 Å². The van der Waals surface area contributed by atoms with Gasteiger partial charge in [-0.05, 0) is 12.7 Å². The Labute approximate surface area is 121 Å². The van der Waals surface area contributed by atoms with E-state index in [-0.39, 0.29) is 0 Å². The van der Waals surface area contributed by atoms with Crippen molar-refractivity contribution in [2.75, 3.05) is 35.7 Å². The van der Waals surface area contributed by atoms with Crippen molar-refractivity contribution < 1.29 is 0 Å². The van der Waals surface area contributed by atoms with E-state index in [0.717, 1.165) is 23.7 Å². The molecule has 0 saturated carbocycles. The molecule has 1 saturated heterocycles. The highest BCUT2D eigenvalue weighted by Crippen LogP contribution is 2.44. The number of anilines is 2. The molecule has 2 heterocycles. The van der Waals surface area contributed by atoms with Crippen molar-refractivity contribution >= 4 is 45.5 Å². The first-order valence-electron chi connectivity index (χ1n) is 5.94. The summed E-state index contributed by atoms with van der Waals surface area (Å²) in [7, 11) is 0. The molecule has 0 radical (unpaired) electrons. The van der Waals surface area contributed by atoms with Crippen LogP contribution in [0.1, 0.15) is 18.2 Å². The van der Waals surface area contributed by atoms with Gasteiger partial charge in [0.15, 0.2) is 0 Å².